The second-order valence-corrected chi connectivity index (χ2v) is 4.71. The van der Waals surface area contributed by atoms with Crippen molar-refractivity contribution in [3.63, 3.8) is 0 Å². The van der Waals surface area contributed by atoms with Crippen molar-refractivity contribution in [2.75, 3.05) is 32.8 Å². The van der Waals surface area contributed by atoms with Gasteiger partial charge in [0, 0.05) is 25.2 Å². The number of hydrogen-bond acceptors (Lipinski definition) is 3. The fourth-order valence-electron chi connectivity index (χ4n) is 2.18. The summed E-state index contributed by atoms with van der Waals surface area (Å²) < 4.78 is 19.2. The second-order valence-electron chi connectivity index (χ2n) is 4.71. The number of nitrogens with two attached hydrogens (primary N) is 1. The number of morpholine rings is 1. The van der Waals surface area contributed by atoms with Gasteiger partial charge in [0.2, 0.25) is 0 Å². The molecule has 3 nitrogen and oxygen atoms in total. The van der Waals surface area contributed by atoms with E-state index in [4.69, 9.17) is 10.5 Å². The summed E-state index contributed by atoms with van der Waals surface area (Å²) in [6.45, 7) is 4.58. The van der Waals surface area contributed by atoms with Crippen LogP contribution in [0.15, 0.2) is 18.2 Å². The monoisotopic (exact) mass is 252 g/mol. The Kier molecular flexibility index (Phi) is 5.11. The van der Waals surface area contributed by atoms with Crippen LogP contribution in [0.5, 0.6) is 0 Å². The lowest BCUT2D eigenvalue weighted by Crippen LogP contribution is -2.35. The highest BCUT2D eigenvalue weighted by atomic mass is 19.1. The molecule has 0 saturated carbocycles. The number of hydrogen-bond donors (Lipinski definition) is 1. The lowest BCUT2D eigenvalue weighted by atomic mass is 10.1. The van der Waals surface area contributed by atoms with E-state index in [1.165, 1.54) is 0 Å². The average Bonchev–Trinajstić information content (AvgIpc) is 2.40. The third-order valence-corrected chi connectivity index (χ3v) is 3.28. The Labute approximate surface area is 108 Å². The molecule has 1 aromatic rings. The summed E-state index contributed by atoms with van der Waals surface area (Å²) in [7, 11) is 0. The molecule has 2 N–H and O–H groups in total. The summed E-state index contributed by atoms with van der Waals surface area (Å²) in [6, 6.07) is 5.55. The first-order chi connectivity index (χ1) is 8.79. The summed E-state index contributed by atoms with van der Waals surface area (Å²) >= 11 is 0. The fraction of sp³-hybridized carbons (Fsp3) is 0.571. The molecular weight excluding hydrogens is 231 g/mol. The van der Waals surface area contributed by atoms with Gasteiger partial charge in [0.25, 0.3) is 0 Å². The van der Waals surface area contributed by atoms with Crippen LogP contribution in [0.1, 0.15) is 17.5 Å². The van der Waals surface area contributed by atoms with Gasteiger partial charge in [-0.1, -0.05) is 12.1 Å². The number of aryl methyl sites for hydroxylation is 1. The molecule has 4 heteroatoms. The van der Waals surface area contributed by atoms with Crippen LogP contribution in [0, 0.1) is 5.82 Å². The van der Waals surface area contributed by atoms with Crippen molar-refractivity contribution in [2.24, 2.45) is 5.73 Å². The maximum Gasteiger partial charge on any atom is 0.127 e. The topological polar surface area (TPSA) is 38.5 Å². The Balaban J connectivity index is 1.95. The van der Waals surface area contributed by atoms with E-state index < -0.39 is 0 Å². The van der Waals surface area contributed by atoms with Crippen LogP contribution in [-0.4, -0.2) is 37.7 Å². The molecule has 2 rings (SSSR count). The molecule has 0 unspecified atom stereocenters. The standard InChI is InChI=1S/C14H21FN2O/c15-14-10-12(2-1-5-16)3-4-13(14)11-17-6-8-18-9-7-17/h3-4,10H,1-2,5-9,11,16H2. The summed E-state index contributed by atoms with van der Waals surface area (Å²) in [5.41, 5.74) is 7.26. The highest BCUT2D eigenvalue weighted by Crippen LogP contribution is 2.14. The molecule has 0 bridgehead atoms. The number of benzene rings is 1. The van der Waals surface area contributed by atoms with E-state index in [1.54, 1.807) is 6.07 Å². The van der Waals surface area contributed by atoms with Crippen LogP contribution in [-0.2, 0) is 17.7 Å². The molecule has 0 radical (unpaired) electrons. The van der Waals surface area contributed by atoms with Crippen LogP contribution in [0.25, 0.3) is 0 Å². The lowest BCUT2D eigenvalue weighted by Gasteiger charge is -2.26. The number of rotatable bonds is 5. The average molecular weight is 252 g/mol. The Bertz CT molecular complexity index is 378. The third kappa shape index (κ3) is 3.77. The maximum atomic E-state index is 13.9. The first-order valence-electron chi connectivity index (χ1n) is 6.57. The molecule has 0 aliphatic carbocycles. The first kappa shape index (κ1) is 13.5. The normalized spacial score (nSPS) is 17.0. The highest BCUT2D eigenvalue weighted by Gasteiger charge is 2.13. The molecule has 1 aliphatic rings. The van der Waals surface area contributed by atoms with E-state index >= 15 is 0 Å². The minimum atomic E-state index is -0.101. The fourth-order valence-corrected chi connectivity index (χ4v) is 2.18. The Morgan fingerprint density at radius 3 is 2.72 bits per heavy atom. The van der Waals surface area contributed by atoms with Crippen LogP contribution >= 0.6 is 0 Å². The zero-order valence-electron chi connectivity index (χ0n) is 10.7. The summed E-state index contributed by atoms with van der Waals surface area (Å²) in [5.74, 6) is -0.101. The quantitative estimate of drug-likeness (QED) is 0.864. The van der Waals surface area contributed by atoms with Gasteiger partial charge in [-0.15, -0.1) is 0 Å². The van der Waals surface area contributed by atoms with E-state index in [0.29, 0.717) is 13.1 Å². The Morgan fingerprint density at radius 1 is 1.28 bits per heavy atom. The number of halogens is 1. The van der Waals surface area contributed by atoms with E-state index in [2.05, 4.69) is 4.90 Å². The van der Waals surface area contributed by atoms with Crippen molar-refractivity contribution < 1.29 is 9.13 Å². The maximum absolute atomic E-state index is 13.9. The van der Waals surface area contributed by atoms with Gasteiger partial charge in [0.15, 0.2) is 0 Å². The van der Waals surface area contributed by atoms with Crippen molar-refractivity contribution in [2.45, 2.75) is 19.4 Å². The molecule has 0 amide bonds. The van der Waals surface area contributed by atoms with Gasteiger partial charge in [-0.25, -0.2) is 4.39 Å². The van der Waals surface area contributed by atoms with Crippen molar-refractivity contribution in [3.8, 4) is 0 Å². The lowest BCUT2D eigenvalue weighted by molar-refractivity contribution is 0.0337. The molecule has 0 atom stereocenters. The summed E-state index contributed by atoms with van der Waals surface area (Å²) in [6.07, 6.45) is 1.76. The van der Waals surface area contributed by atoms with Crippen LogP contribution < -0.4 is 5.73 Å². The smallest absolute Gasteiger partial charge is 0.127 e. The largest absolute Gasteiger partial charge is 0.379 e. The predicted octanol–water partition coefficient (Wildman–Crippen LogP) is 1.55. The summed E-state index contributed by atoms with van der Waals surface area (Å²) in [4.78, 5) is 2.22. The molecule has 0 aromatic heterocycles. The molecule has 1 heterocycles. The van der Waals surface area contributed by atoms with Crippen molar-refractivity contribution >= 4 is 0 Å². The van der Waals surface area contributed by atoms with E-state index in [-0.39, 0.29) is 5.82 Å². The van der Waals surface area contributed by atoms with E-state index in [1.807, 2.05) is 12.1 Å². The predicted molar refractivity (Wildman–Crippen MR) is 69.9 cm³/mol. The second kappa shape index (κ2) is 6.83. The van der Waals surface area contributed by atoms with Gasteiger partial charge in [0.1, 0.15) is 5.82 Å². The SMILES string of the molecule is NCCCc1ccc(CN2CCOCC2)c(F)c1. The van der Waals surface area contributed by atoms with Gasteiger partial charge >= 0.3 is 0 Å². The molecular formula is C14H21FN2O. The van der Waals surface area contributed by atoms with Gasteiger partial charge in [-0.3, -0.25) is 4.90 Å². The highest BCUT2D eigenvalue weighted by molar-refractivity contribution is 5.24. The van der Waals surface area contributed by atoms with Gasteiger partial charge in [-0.2, -0.15) is 0 Å². The van der Waals surface area contributed by atoms with Crippen molar-refractivity contribution in [1.82, 2.24) is 4.90 Å². The minimum absolute atomic E-state index is 0.101. The molecule has 1 aliphatic heterocycles. The third-order valence-electron chi connectivity index (χ3n) is 3.28. The number of ether oxygens (including phenoxy) is 1. The van der Waals surface area contributed by atoms with Crippen LogP contribution in [0.2, 0.25) is 0 Å². The zero-order chi connectivity index (χ0) is 12.8. The van der Waals surface area contributed by atoms with Crippen molar-refractivity contribution in [3.05, 3.63) is 35.1 Å². The summed E-state index contributed by atoms with van der Waals surface area (Å²) in [5, 5.41) is 0. The van der Waals surface area contributed by atoms with Gasteiger partial charge in [-0.05, 0) is 31.0 Å². The van der Waals surface area contributed by atoms with Crippen LogP contribution in [0.4, 0.5) is 4.39 Å². The van der Waals surface area contributed by atoms with Gasteiger partial charge < -0.3 is 10.5 Å². The van der Waals surface area contributed by atoms with Crippen molar-refractivity contribution in [1.29, 1.82) is 0 Å². The Hall–Kier alpha value is -0.970. The molecule has 1 aromatic carbocycles. The molecule has 0 spiro atoms. The Morgan fingerprint density at radius 2 is 2.06 bits per heavy atom. The first-order valence-corrected chi connectivity index (χ1v) is 6.57. The minimum Gasteiger partial charge on any atom is -0.379 e. The number of nitrogens with zero attached hydrogens (tertiary/aromatic N) is 1. The molecule has 1 saturated heterocycles. The molecule has 100 valence electrons. The zero-order valence-corrected chi connectivity index (χ0v) is 10.7. The van der Waals surface area contributed by atoms with Gasteiger partial charge in [0.05, 0.1) is 13.2 Å². The molecule has 1 fully saturated rings. The van der Waals surface area contributed by atoms with E-state index in [9.17, 15) is 4.39 Å². The molecule has 18 heavy (non-hydrogen) atoms. The van der Waals surface area contributed by atoms with E-state index in [0.717, 1.165) is 50.3 Å². The van der Waals surface area contributed by atoms with Crippen LogP contribution in [0.3, 0.4) is 0 Å².